The first-order valence-electron chi connectivity index (χ1n) is 8.73. The molecule has 0 radical (unpaired) electrons. The van der Waals surface area contributed by atoms with Crippen LogP contribution in [0.5, 0.6) is 0 Å². The average Bonchev–Trinajstić information content (AvgIpc) is 2.98. The number of rotatable bonds is 6. The second-order valence-corrected chi connectivity index (χ2v) is 9.30. The molecule has 0 aliphatic heterocycles. The SMILES string of the molecule is CCNC(=NCCS(=O)C(C)(C)C)NC(C)c1cc2ccccc2o1.I. The molecule has 0 aliphatic carbocycles. The van der Waals surface area contributed by atoms with Crippen molar-refractivity contribution >= 4 is 51.7 Å². The van der Waals surface area contributed by atoms with Gasteiger partial charge in [-0.2, -0.15) is 0 Å². The number of nitrogens with zero attached hydrogens (tertiary/aromatic N) is 1. The van der Waals surface area contributed by atoms with Gasteiger partial charge >= 0.3 is 0 Å². The van der Waals surface area contributed by atoms with Crippen molar-refractivity contribution in [3.8, 4) is 0 Å². The Hall–Kier alpha value is -1.09. The summed E-state index contributed by atoms with van der Waals surface area (Å²) >= 11 is 0. The van der Waals surface area contributed by atoms with E-state index in [4.69, 9.17) is 4.42 Å². The molecule has 0 saturated heterocycles. The van der Waals surface area contributed by atoms with Crippen LogP contribution in [0.25, 0.3) is 11.0 Å². The molecule has 2 unspecified atom stereocenters. The molecule has 1 aromatic carbocycles. The highest BCUT2D eigenvalue weighted by molar-refractivity contribution is 14.0. The van der Waals surface area contributed by atoms with E-state index in [1.807, 2.05) is 65.0 Å². The van der Waals surface area contributed by atoms with E-state index in [0.29, 0.717) is 18.3 Å². The molecule has 0 aliphatic rings. The van der Waals surface area contributed by atoms with Gasteiger partial charge in [0, 0.05) is 33.2 Å². The van der Waals surface area contributed by atoms with Crippen molar-refractivity contribution < 1.29 is 8.63 Å². The van der Waals surface area contributed by atoms with E-state index in [1.165, 1.54) is 0 Å². The monoisotopic (exact) mass is 491 g/mol. The minimum Gasteiger partial charge on any atom is -0.459 e. The summed E-state index contributed by atoms with van der Waals surface area (Å²) in [5.41, 5.74) is 0.883. The Labute approximate surface area is 175 Å². The van der Waals surface area contributed by atoms with Crippen molar-refractivity contribution in [2.24, 2.45) is 4.99 Å². The molecule has 2 N–H and O–H groups in total. The van der Waals surface area contributed by atoms with E-state index in [0.717, 1.165) is 23.3 Å². The van der Waals surface area contributed by atoms with E-state index in [2.05, 4.69) is 15.6 Å². The Morgan fingerprint density at radius 1 is 1.31 bits per heavy atom. The Kier molecular flexibility index (Phi) is 9.09. The van der Waals surface area contributed by atoms with Crippen molar-refractivity contribution in [1.82, 2.24) is 10.6 Å². The number of benzene rings is 1. The van der Waals surface area contributed by atoms with E-state index in [9.17, 15) is 4.21 Å². The molecule has 2 atom stereocenters. The van der Waals surface area contributed by atoms with Gasteiger partial charge in [0.05, 0.1) is 12.6 Å². The third-order valence-electron chi connectivity index (χ3n) is 3.80. The maximum Gasteiger partial charge on any atom is 0.191 e. The van der Waals surface area contributed by atoms with Crippen molar-refractivity contribution in [3.05, 3.63) is 36.1 Å². The zero-order valence-corrected chi connectivity index (χ0v) is 19.3. The second kappa shape index (κ2) is 10.3. The fraction of sp³-hybridized carbons (Fsp3) is 0.526. The normalized spacial score (nSPS) is 14.6. The Morgan fingerprint density at radius 3 is 2.62 bits per heavy atom. The number of halogens is 1. The summed E-state index contributed by atoms with van der Waals surface area (Å²) in [6.45, 7) is 11.3. The summed E-state index contributed by atoms with van der Waals surface area (Å²) in [5.74, 6) is 2.13. The highest BCUT2D eigenvalue weighted by Gasteiger charge is 2.19. The summed E-state index contributed by atoms with van der Waals surface area (Å²) in [5, 5.41) is 7.67. The van der Waals surface area contributed by atoms with Crippen LogP contribution in [-0.4, -0.2) is 33.8 Å². The van der Waals surface area contributed by atoms with Crippen LogP contribution in [0.2, 0.25) is 0 Å². The third kappa shape index (κ3) is 6.57. The maximum absolute atomic E-state index is 12.1. The van der Waals surface area contributed by atoms with Crippen LogP contribution in [0.1, 0.15) is 46.4 Å². The Bertz CT molecular complexity index is 720. The average molecular weight is 491 g/mol. The molecule has 1 heterocycles. The molecule has 1 aromatic heterocycles. The van der Waals surface area contributed by atoms with Gasteiger partial charge in [-0.3, -0.25) is 9.20 Å². The number of hydrogen-bond donors (Lipinski definition) is 2. The molecular weight excluding hydrogens is 461 g/mol. The van der Waals surface area contributed by atoms with Crippen LogP contribution in [0, 0.1) is 0 Å². The predicted molar refractivity (Wildman–Crippen MR) is 122 cm³/mol. The smallest absolute Gasteiger partial charge is 0.191 e. The Balaban J connectivity index is 0.00000338. The zero-order chi connectivity index (χ0) is 18.4. The molecule has 5 nitrogen and oxygen atoms in total. The van der Waals surface area contributed by atoms with Crippen LogP contribution in [-0.2, 0) is 10.8 Å². The lowest BCUT2D eigenvalue weighted by Gasteiger charge is -2.18. The summed E-state index contributed by atoms with van der Waals surface area (Å²) < 4.78 is 17.8. The minimum absolute atomic E-state index is 0. The summed E-state index contributed by atoms with van der Waals surface area (Å²) in [7, 11) is -0.898. The minimum atomic E-state index is -0.898. The molecule has 0 spiro atoms. The molecular formula is C19H30IN3O2S. The fourth-order valence-corrected chi connectivity index (χ4v) is 3.23. The van der Waals surface area contributed by atoms with Gasteiger partial charge in [0.15, 0.2) is 5.96 Å². The molecule has 0 fully saturated rings. The predicted octanol–water partition coefficient (Wildman–Crippen LogP) is 4.21. The quantitative estimate of drug-likeness (QED) is 0.361. The van der Waals surface area contributed by atoms with Gasteiger partial charge in [-0.1, -0.05) is 18.2 Å². The molecule has 0 bridgehead atoms. The van der Waals surface area contributed by atoms with Crippen molar-refractivity contribution in [2.45, 2.75) is 45.4 Å². The fourth-order valence-electron chi connectivity index (χ4n) is 2.36. The number of hydrogen-bond acceptors (Lipinski definition) is 3. The summed E-state index contributed by atoms with van der Waals surface area (Å²) in [6, 6.07) is 10.0. The van der Waals surface area contributed by atoms with Gasteiger partial charge in [0.25, 0.3) is 0 Å². The van der Waals surface area contributed by atoms with Gasteiger partial charge in [-0.05, 0) is 46.8 Å². The zero-order valence-electron chi connectivity index (χ0n) is 16.2. The lowest BCUT2D eigenvalue weighted by atomic mass is 10.2. The van der Waals surface area contributed by atoms with Gasteiger partial charge < -0.3 is 15.1 Å². The molecule has 2 aromatic rings. The lowest BCUT2D eigenvalue weighted by Crippen LogP contribution is -2.39. The number of nitrogens with one attached hydrogen (secondary N) is 2. The van der Waals surface area contributed by atoms with Gasteiger partial charge in [-0.25, -0.2) is 0 Å². The lowest BCUT2D eigenvalue weighted by molar-refractivity contribution is 0.488. The van der Waals surface area contributed by atoms with Crippen LogP contribution < -0.4 is 10.6 Å². The number of aliphatic imine (C=N–C) groups is 1. The highest BCUT2D eigenvalue weighted by atomic mass is 127. The van der Waals surface area contributed by atoms with Crippen molar-refractivity contribution in [2.75, 3.05) is 18.8 Å². The van der Waals surface area contributed by atoms with Gasteiger partial charge in [0.1, 0.15) is 11.3 Å². The molecule has 26 heavy (non-hydrogen) atoms. The number of furan rings is 1. The van der Waals surface area contributed by atoms with E-state index < -0.39 is 10.8 Å². The number of fused-ring (bicyclic) bond motifs is 1. The standard InChI is InChI=1S/C19H29N3O2S.HI/c1-6-20-18(21-11-12-25(23)19(3,4)5)22-14(2)17-13-15-9-7-8-10-16(15)24-17;/h7-10,13-14H,6,11-12H2,1-5H3,(H2,20,21,22);1H. The van der Waals surface area contributed by atoms with E-state index in [-0.39, 0.29) is 34.8 Å². The first-order valence-corrected chi connectivity index (χ1v) is 10.0. The van der Waals surface area contributed by atoms with Crippen molar-refractivity contribution in [3.63, 3.8) is 0 Å². The van der Waals surface area contributed by atoms with Crippen LogP contribution >= 0.6 is 24.0 Å². The first-order chi connectivity index (χ1) is 11.8. The number of para-hydroxylation sites is 1. The van der Waals surface area contributed by atoms with Crippen LogP contribution in [0.15, 0.2) is 39.7 Å². The third-order valence-corrected chi connectivity index (χ3v) is 5.72. The molecule has 146 valence electrons. The van der Waals surface area contributed by atoms with E-state index >= 15 is 0 Å². The number of guanidine groups is 1. The van der Waals surface area contributed by atoms with Crippen molar-refractivity contribution in [1.29, 1.82) is 0 Å². The summed E-state index contributed by atoms with van der Waals surface area (Å²) in [4.78, 5) is 4.55. The largest absolute Gasteiger partial charge is 0.459 e. The molecule has 2 rings (SSSR count). The van der Waals surface area contributed by atoms with Gasteiger partial charge in [-0.15, -0.1) is 24.0 Å². The van der Waals surface area contributed by atoms with E-state index in [1.54, 1.807) is 0 Å². The molecule has 0 saturated carbocycles. The Morgan fingerprint density at radius 2 is 2.00 bits per heavy atom. The topological polar surface area (TPSA) is 66.6 Å². The van der Waals surface area contributed by atoms with Crippen LogP contribution in [0.4, 0.5) is 0 Å². The second-order valence-electron chi connectivity index (χ2n) is 6.98. The molecule has 0 amide bonds. The maximum atomic E-state index is 12.1. The summed E-state index contributed by atoms with van der Waals surface area (Å²) in [6.07, 6.45) is 0. The highest BCUT2D eigenvalue weighted by Crippen LogP contribution is 2.23. The molecule has 7 heteroatoms. The van der Waals surface area contributed by atoms with Gasteiger partial charge in [0.2, 0.25) is 0 Å². The first kappa shape index (κ1) is 23.0. The van der Waals surface area contributed by atoms with Crippen LogP contribution in [0.3, 0.4) is 0 Å².